The third-order valence-corrected chi connectivity index (χ3v) is 7.36. The van der Waals surface area contributed by atoms with Crippen molar-refractivity contribution in [3.05, 3.63) is 0 Å². The van der Waals surface area contributed by atoms with Crippen LogP contribution in [-0.4, -0.2) is 61.0 Å². The molecule has 2 aliphatic carbocycles. The SMILES string of the molecule is COCC1(C(=O)N2CC[C@]3(CCCN(C4CCCC4)C3=O)C2)CCC1. The fourth-order valence-corrected chi connectivity index (χ4v) is 5.72. The highest BCUT2D eigenvalue weighted by Gasteiger charge is 2.54. The summed E-state index contributed by atoms with van der Waals surface area (Å²) in [6, 6.07) is 0.459. The van der Waals surface area contributed by atoms with Crippen LogP contribution < -0.4 is 0 Å². The summed E-state index contributed by atoms with van der Waals surface area (Å²) in [5.41, 5.74) is -0.600. The second-order valence-electron chi connectivity index (χ2n) is 8.86. The Morgan fingerprint density at radius 3 is 2.48 bits per heavy atom. The number of carbonyl (C=O) groups is 2. The molecule has 0 bridgehead atoms. The van der Waals surface area contributed by atoms with Gasteiger partial charge in [0.1, 0.15) is 0 Å². The van der Waals surface area contributed by atoms with Crippen LogP contribution in [0.1, 0.15) is 64.2 Å². The van der Waals surface area contributed by atoms with Gasteiger partial charge in [-0.1, -0.05) is 19.3 Å². The topological polar surface area (TPSA) is 49.9 Å². The van der Waals surface area contributed by atoms with Gasteiger partial charge in [0.15, 0.2) is 0 Å². The minimum absolute atomic E-state index is 0.239. The van der Waals surface area contributed by atoms with E-state index in [4.69, 9.17) is 4.74 Å². The maximum atomic E-state index is 13.3. The molecule has 2 saturated carbocycles. The van der Waals surface area contributed by atoms with Crippen LogP contribution in [0.2, 0.25) is 0 Å². The smallest absolute Gasteiger partial charge is 0.231 e. The van der Waals surface area contributed by atoms with Gasteiger partial charge in [-0.15, -0.1) is 0 Å². The molecule has 0 radical (unpaired) electrons. The number of piperidine rings is 1. The lowest BCUT2D eigenvalue weighted by Gasteiger charge is -2.44. The van der Waals surface area contributed by atoms with Crippen molar-refractivity contribution in [3.63, 3.8) is 0 Å². The molecular weight excluding hydrogens is 316 g/mol. The first-order valence-corrected chi connectivity index (χ1v) is 10.2. The Morgan fingerprint density at radius 2 is 1.84 bits per heavy atom. The standard InChI is InChI=1S/C20H32N2O3/c1-25-15-20(8-4-9-20)17(23)21-13-11-19(14-21)10-5-12-22(18(19)24)16-6-2-3-7-16/h16H,2-15H2,1H3/t19-/m1/s1. The maximum absolute atomic E-state index is 13.3. The highest BCUT2D eigenvalue weighted by Crippen LogP contribution is 2.47. The van der Waals surface area contributed by atoms with Gasteiger partial charge >= 0.3 is 0 Å². The van der Waals surface area contributed by atoms with Crippen LogP contribution in [0.15, 0.2) is 0 Å². The quantitative estimate of drug-likeness (QED) is 0.785. The highest BCUT2D eigenvalue weighted by molar-refractivity contribution is 5.88. The van der Waals surface area contributed by atoms with E-state index >= 15 is 0 Å². The van der Waals surface area contributed by atoms with E-state index in [0.29, 0.717) is 25.1 Å². The summed E-state index contributed by atoms with van der Waals surface area (Å²) in [4.78, 5) is 30.6. The minimum atomic E-state index is -0.302. The fourth-order valence-electron chi connectivity index (χ4n) is 5.72. The lowest BCUT2D eigenvalue weighted by Crippen LogP contribution is -2.55. The summed E-state index contributed by atoms with van der Waals surface area (Å²) in [6.45, 7) is 2.83. The van der Waals surface area contributed by atoms with Crippen LogP contribution in [0.25, 0.3) is 0 Å². The largest absolute Gasteiger partial charge is 0.384 e. The van der Waals surface area contributed by atoms with Crippen molar-refractivity contribution in [1.82, 2.24) is 9.80 Å². The molecule has 0 N–H and O–H groups in total. The minimum Gasteiger partial charge on any atom is -0.384 e. The number of likely N-dealkylation sites (tertiary alicyclic amines) is 2. The second kappa shape index (κ2) is 6.57. The molecule has 2 aliphatic heterocycles. The normalized spacial score (nSPS) is 32.4. The molecule has 1 spiro atoms. The zero-order valence-corrected chi connectivity index (χ0v) is 15.6. The number of methoxy groups -OCH3 is 1. The van der Waals surface area contributed by atoms with E-state index in [-0.39, 0.29) is 16.7 Å². The molecular formula is C20H32N2O3. The lowest BCUT2D eigenvalue weighted by molar-refractivity contribution is -0.154. The molecule has 5 heteroatoms. The van der Waals surface area contributed by atoms with Crippen molar-refractivity contribution in [2.75, 3.05) is 33.4 Å². The van der Waals surface area contributed by atoms with Crippen LogP contribution in [0.3, 0.4) is 0 Å². The lowest BCUT2D eigenvalue weighted by atomic mass is 9.68. The average Bonchev–Trinajstić information content (AvgIpc) is 3.24. The van der Waals surface area contributed by atoms with E-state index in [1.54, 1.807) is 7.11 Å². The molecule has 0 aromatic carbocycles. The number of amides is 2. The van der Waals surface area contributed by atoms with E-state index in [1.807, 2.05) is 4.90 Å². The van der Waals surface area contributed by atoms with E-state index in [2.05, 4.69) is 4.90 Å². The van der Waals surface area contributed by atoms with Crippen molar-refractivity contribution in [2.24, 2.45) is 10.8 Å². The molecule has 4 fully saturated rings. The van der Waals surface area contributed by atoms with Gasteiger partial charge < -0.3 is 14.5 Å². The van der Waals surface area contributed by atoms with Gasteiger partial charge in [0.25, 0.3) is 0 Å². The van der Waals surface area contributed by atoms with Crippen molar-refractivity contribution < 1.29 is 14.3 Å². The molecule has 5 nitrogen and oxygen atoms in total. The van der Waals surface area contributed by atoms with Crippen LogP contribution in [-0.2, 0) is 14.3 Å². The molecule has 4 rings (SSSR count). The molecule has 0 unspecified atom stereocenters. The summed E-state index contributed by atoms with van der Waals surface area (Å²) in [5, 5.41) is 0. The van der Waals surface area contributed by atoms with E-state index in [0.717, 1.165) is 51.6 Å². The van der Waals surface area contributed by atoms with Crippen LogP contribution in [0, 0.1) is 10.8 Å². The number of ether oxygens (including phenoxy) is 1. The average molecular weight is 348 g/mol. The monoisotopic (exact) mass is 348 g/mol. The summed E-state index contributed by atoms with van der Waals surface area (Å²) < 4.78 is 5.35. The predicted molar refractivity (Wildman–Crippen MR) is 95.0 cm³/mol. The molecule has 2 saturated heterocycles. The Balaban J connectivity index is 1.46. The third kappa shape index (κ3) is 2.79. The van der Waals surface area contributed by atoms with Crippen molar-refractivity contribution in [2.45, 2.75) is 70.3 Å². The fraction of sp³-hybridized carbons (Fsp3) is 0.900. The maximum Gasteiger partial charge on any atom is 0.231 e. The van der Waals surface area contributed by atoms with Gasteiger partial charge in [0.05, 0.1) is 17.4 Å². The number of hydrogen-bond donors (Lipinski definition) is 0. The molecule has 0 aromatic heterocycles. The van der Waals surface area contributed by atoms with Gasteiger partial charge in [-0.2, -0.15) is 0 Å². The van der Waals surface area contributed by atoms with Crippen LogP contribution in [0.4, 0.5) is 0 Å². The molecule has 2 heterocycles. The number of hydrogen-bond acceptors (Lipinski definition) is 3. The summed E-state index contributed by atoms with van der Waals surface area (Å²) >= 11 is 0. The predicted octanol–water partition coefficient (Wildman–Crippen LogP) is 2.59. The summed E-state index contributed by atoms with van der Waals surface area (Å²) in [6.07, 6.45) is 10.7. The first kappa shape index (κ1) is 17.3. The summed E-state index contributed by atoms with van der Waals surface area (Å²) in [7, 11) is 1.68. The van der Waals surface area contributed by atoms with Gasteiger partial charge in [-0.25, -0.2) is 0 Å². The first-order chi connectivity index (χ1) is 12.1. The van der Waals surface area contributed by atoms with E-state index < -0.39 is 0 Å². The zero-order valence-electron chi connectivity index (χ0n) is 15.6. The van der Waals surface area contributed by atoms with Crippen LogP contribution >= 0.6 is 0 Å². The van der Waals surface area contributed by atoms with Crippen molar-refractivity contribution >= 4 is 11.8 Å². The number of carbonyl (C=O) groups excluding carboxylic acids is 2. The number of rotatable bonds is 4. The van der Waals surface area contributed by atoms with Crippen molar-refractivity contribution in [3.8, 4) is 0 Å². The molecule has 2 amide bonds. The highest BCUT2D eigenvalue weighted by atomic mass is 16.5. The Bertz CT molecular complexity index is 539. The van der Waals surface area contributed by atoms with Gasteiger partial charge in [-0.3, -0.25) is 9.59 Å². The Labute approximate surface area is 151 Å². The summed E-state index contributed by atoms with van der Waals surface area (Å²) in [5.74, 6) is 0.582. The van der Waals surface area contributed by atoms with Gasteiger partial charge in [-0.05, 0) is 44.9 Å². The molecule has 4 aliphatic rings. The molecule has 1 atom stereocenters. The third-order valence-electron chi connectivity index (χ3n) is 7.36. The first-order valence-electron chi connectivity index (χ1n) is 10.2. The van der Waals surface area contributed by atoms with Gasteiger partial charge in [0.2, 0.25) is 11.8 Å². The van der Waals surface area contributed by atoms with Crippen LogP contribution in [0.5, 0.6) is 0 Å². The molecule has 0 aromatic rings. The Morgan fingerprint density at radius 1 is 1.08 bits per heavy atom. The second-order valence-corrected chi connectivity index (χ2v) is 8.86. The molecule has 140 valence electrons. The van der Waals surface area contributed by atoms with Gasteiger partial charge in [0, 0.05) is 32.8 Å². The zero-order chi connectivity index (χ0) is 17.5. The van der Waals surface area contributed by atoms with E-state index in [9.17, 15) is 9.59 Å². The number of nitrogens with zero attached hydrogens (tertiary/aromatic N) is 2. The Hall–Kier alpha value is -1.10. The molecule has 25 heavy (non-hydrogen) atoms. The van der Waals surface area contributed by atoms with E-state index in [1.165, 1.54) is 25.7 Å². The Kier molecular flexibility index (Phi) is 4.55. The van der Waals surface area contributed by atoms with Crippen molar-refractivity contribution in [1.29, 1.82) is 0 Å².